The number of pyridine rings is 2. The molecule has 11 nitrogen and oxygen atoms in total. The molecule has 0 unspecified atom stereocenters. The summed E-state index contributed by atoms with van der Waals surface area (Å²) < 4.78 is 55.4. The number of likely N-dealkylation sites (tertiary alicyclic amines) is 1. The zero-order valence-corrected chi connectivity index (χ0v) is 32.6. The molecule has 57 heavy (non-hydrogen) atoms. The van der Waals surface area contributed by atoms with Crippen LogP contribution in [0.15, 0.2) is 54.7 Å². The van der Waals surface area contributed by atoms with Crippen molar-refractivity contribution in [2.24, 2.45) is 5.41 Å². The van der Waals surface area contributed by atoms with Crippen LogP contribution in [-0.2, 0) is 35.3 Å². The van der Waals surface area contributed by atoms with Crippen molar-refractivity contribution in [3.05, 3.63) is 87.6 Å². The second-order valence-electron chi connectivity index (χ2n) is 15.6. The molecule has 15 heteroatoms. The molecule has 0 saturated carbocycles. The van der Waals surface area contributed by atoms with Gasteiger partial charge in [0.05, 0.1) is 36.5 Å². The molecule has 3 fully saturated rings. The summed E-state index contributed by atoms with van der Waals surface area (Å²) in [5.41, 5.74) is 5.19. The van der Waals surface area contributed by atoms with Crippen LogP contribution in [0.25, 0.3) is 22.4 Å². The molecule has 4 aromatic rings. The minimum atomic E-state index is -4.67. The number of fused-ring (bicyclic) bond motifs is 1. The topological polar surface area (TPSA) is 130 Å². The van der Waals surface area contributed by atoms with E-state index in [1.54, 1.807) is 13.3 Å². The van der Waals surface area contributed by atoms with Gasteiger partial charge in [-0.1, -0.05) is 41.9 Å². The van der Waals surface area contributed by atoms with Gasteiger partial charge < -0.3 is 30.7 Å². The first-order valence-corrected chi connectivity index (χ1v) is 19.7. The van der Waals surface area contributed by atoms with Gasteiger partial charge in [0.25, 0.3) is 0 Å². The predicted octanol–water partition coefficient (Wildman–Crippen LogP) is 6.68. The number of benzene rings is 2. The first kappa shape index (κ1) is 38.9. The van der Waals surface area contributed by atoms with E-state index in [0.717, 1.165) is 58.7 Å². The highest BCUT2D eigenvalue weighted by Crippen LogP contribution is 2.45. The van der Waals surface area contributed by atoms with Crippen molar-refractivity contribution in [2.45, 2.75) is 69.9 Å². The summed E-state index contributed by atoms with van der Waals surface area (Å²) in [4.78, 5) is 34.5. The number of hydrogen-bond acceptors (Lipinski definition) is 9. The molecule has 4 N–H and O–H groups in total. The number of hydrogen-bond donors (Lipinski definition) is 4. The van der Waals surface area contributed by atoms with Crippen LogP contribution < -0.4 is 30.7 Å². The lowest BCUT2D eigenvalue weighted by Crippen LogP contribution is -2.56. The van der Waals surface area contributed by atoms with E-state index in [4.69, 9.17) is 21.1 Å². The number of methoxy groups -OCH3 is 2. The first-order chi connectivity index (χ1) is 27.4. The number of alkyl halides is 3. The lowest BCUT2D eigenvalue weighted by atomic mass is 9.79. The largest absolute Gasteiger partial charge is 0.496 e. The van der Waals surface area contributed by atoms with E-state index in [0.29, 0.717) is 74.0 Å². The molecule has 8 rings (SSSR count). The van der Waals surface area contributed by atoms with E-state index in [-0.39, 0.29) is 41.5 Å². The van der Waals surface area contributed by atoms with Gasteiger partial charge in [-0.2, -0.15) is 18.2 Å². The Morgan fingerprint density at radius 3 is 2.56 bits per heavy atom. The summed E-state index contributed by atoms with van der Waals surface area (Å²) >= 11 is 7.17. The molecule has 0 bridgehead atoms. The molecule has 5 heterocycles. The summed E-state index contributed by atoms with van der Waals surface area (Å²) in [6, 6.07) is 14.4. The van der Waals surface area contributed by atoms with Gasteiger partial charge in [-0.15, -0.1) is 0 Å². The van der Waals surface area contributed by atoms with Gasteiger partial charge in [-0.3, -0.25) is 19.5 Å². The van der Waals surface area contributed by atoms with Gasteiger partial charge in [0.15, 0.2) is 0 Å². The van der Waals surface area contributed by atoms with Crippen LogP contribution >= 0.6 is 11.6 Å². The van der Waals surface area contributed by atoms with Crippen LogP contribution in [0.2, 0.25) is 5.02 Å². The maximum absolute atomic E-state index is 14.7. The van der Waals surface area contributed by atoms with Crippen molar-refractivity contribution >= 4 is 29.2 Å². The number of halogens is 4. The lowest BCUT2D eigenvalue weighted by Gasteiger charge is -2.47. The van der Waals surface area contributed by atoms with E-state index in [9.17, 15) is 22.8 Å². The number of nitrogens with zero attached hydrogens (tertiary/aromatic N) is 3. The minimum absolute atomic E-state index is 0.00896. The Kier molecular flexibility index (Phi) is 10.8. The molecular formula is C42H45ClF3N7O4. The SMILES string of the molecule is COc1cc(-c2nccc(-c3cccc4c3CCC[C@H]4Nc3nc(OC)c(CN4CC5(CNC(=O)C5)C4)cc3C(F)(F)F)c2Cl)ccc1CNC[C@@H]1CCC(=O)N1. The maximum atomic E-state index is 14.7. The number of amides is 2. The Bertz CT molecular complexity index is 2200. The molecule has 0 radical (unpaired) electrons. The van der Waals surface area contributed by atoms with Gasteiger partial charge in [-0.25, -0.2) is 0 Å². The van der Waals surface area contributed by atoms with Crippen molar-refractivity contribution in [2.75, 3.05) is 45.7 Å². The van der Waals surface area contributed by atoms with E-state index in [2.05, 4.69) is 31.2 Å². The Morgan fingerprint density at radius 1 is 1.00 bits per heavy atom. The molecule has 2 aromatic carbocycles. The number of carbonyl (C=O) groups excluding carboxylic acids is 2. The summed E-state index contributed by atoms with van der Waals surface area (Å²) in [6.07, 6.45) is 0.906. The van der Waals surface area contributed by atoms with Crippen LogP contribution in [0.1, 0.15) is 66.0 Å². The molecule has 1 spiro atoms. The van der Waals surface area contributed by atoms with Gasteiger partial charge in [0.1, 0.15) is 11.6 Å². The highest BCUT2D eigenvalue weighted by Gasteiger charge is 2.48. The number of carbonyl (C=O) groups is 2. The van der Waals surface area contributed by atoms with Crippen LogP contribution in [0.4, 0.5) is 19.0 Å². The van der Waals surface area contributed by atoms with E-state index >= 15 is 0 Å². The molecule has 4 aliphatic rings. The van der Waals surface area contributed by atoms with Crippen molar-refractivity contribution in [3.8, 4) is 34.0 Å². The van der Waals surface area contributed by atoms with E-state index in [1.807, 2.05) is 47.4 Å². The summed E-state index contributed by atoms with van der Waals surface area (Å²) in [6.45, 7) is 3.26. The van der Waals surface area contributed by atoms with Crippen LogP contribution in [-0.4, -0.2) is 73.1 Å². The number of ether oxygens (including phenoxy) is 2. The first-order valence-electron chi connectivity index (χ1n) is 19.3. The second kappa shape index (κ2) is 15.8. The van der Waals surface area contributed by atoms with Crippen molar-refractivity contribution < 1.29 is 32.2 Å². The molecule has 2 atom stereocenters. The number of aromatic nitrogens is 2. The molecule has 2 amide bonds. The Hall–Kier alpha value is -4.92. The Balaban J connectivity index is 1.03. The monoisotopic (exact) mass is 803 g/mol. The summed E-state index contributed by atoms with van der Waals surface area (Å²) in [5, 5.41) is 12.9. The fraction of sp³-hybridized carbons (Fsp3) is 0.429. The Morgan fingerprint density at radius 2 is 1.84 bits per heavy atom. The lowest BCUT2D eigenvalue weighted by molar-refractivity contribution is -0.137. The highest BCUT2D eigenvalue weighted by molar-refractivity contribution is 6.35. The molecule has 3 aliphatic heterocycles. The normalized spacial score (nSPS) is 20.2. The third-order valence-electron chi connectivity index (χ3n) is 11.6. The van der Waals surface area contributed by atoms with Crippen molar-refractivity contribution in [1.29, 1.82) is 0 Å². The number of rotatable bonds is 12. The van der Waals surface area contributed by atoms with Gasteiger partial charge in [-0.05, 0) is 60.6 Å². The van der Waals surface area contributed by atoms with E-state index in [1.165, 1.54) is 7.11 Å². The molecule has 3 saturated heterocycles. The summed E-state index contributed by atoms with van der Waals surface area (Å²) in [5.74, 6) is 0.619. The van der Waals surface area contributed by atoms with Crippen LogP contribution in [0.5, 0.6) is 11.6 Å². The zero-order chi connectivity index (χ0) is 39.9. The minimum Gasteiger partial charge on any atom is -0.496 e. The molecule has 300 valence electrons. The maximum Gasteiger partial charge on any atom is 0.419 e. The Labute approximate surface area is 334 Å². The predicted molar refractivity (Wildman–Crippen MR) is 210 cm³/mol. The van der Waals surface area contributed by atoms with Crippen molar-refractivity contribution in [3.63, 3.8) is 0 Å². The number of nitrogens with one attached hydrogen (secondary N) is 4. The summed E-state index contributed by atoms with van der Waals surface area (Å²) in [7, 11) is 3.03. The molecule has 1 aliphatic carbocycles. The van der Waals surface area contributed by atoms with Gasteiger partial charge in [0.2, 0.25) is 17.7 Å². The highest BCUT2D eigenvalue weighted by atomic mass is 35.5. The average molecular weight is 804 g/mol. The molecule has 2 aromatic heterocycles. The second-order valence-corrected chi connectivity index (χ2v) is 16.0. The fourth-order valence-electron chi connectivity index (χ4n) is 8.90. The molecular weight excluding hydrogens is 759 g/mol. The number of anilines is 1. The van der Waals surface area contributed by atoms with Crippen molar-refractivity contribution in [1.82, 2.24) is 30.8 Å². The quantitative estimate of drug-likeness (QED) is 0.124. The van der Waals surface area contributed by atoms with Gasteiger partial charge in [0, 0.05) is 92.0 Å². The fourth-order valence-corrected chi connectivity index (χ4v) is 9.23. The zero-order valence-electron chi connectivity index (χ0n) is 31.8. The third-order valence-corrected chi connectivity index (χ3v) is 12.0. The van der Waals surface area contributed by atoms with E-state index < -0.39 is 17.8 Å². The third kappa shape index (κ3) is 7.99. The average Bonchev–Trinajstić information content (AvgIpc) is 3.79. The van der Waals surface area contributed by atoms with Gasteiger partial charge >= 0.3 is 6.18 Å². The smallest absolute Gasteiger partial charge is 0.419 e. The van der Waals surface area contributed by atoms with Crippen LogP contribution in [0.3, 0.4) is 0 Å². The standard InChI is InChI=1S/C42H45ClF3N7O4/c1-56-34-16-24(9-10-25(34)18-47-19-27-11-12-35(54)50-27)38-37(43)31(13-14-48-38)29-5-3-7-30-28(29)6-4-8-33(30)51-39-32(42(44,45)46)15-26(40(52-39)57-2)20-53-22-41(23-53)17-36(55)49-21-41/h3,5,7,9-10,13-16,27,33,47H,4,6,8,11-12,17-23H2,1-2H3,(H,49,55)(H,50,54)(H,51,52)/t27-,33+/m0/s1. The van der Waals surface area contributed by atoms with Crippen LogP contribution in [0, 0.1) is 5.41 Å².